The summed E-state index contributed by atoms with van der Waals surface area (Å²) in [5, 5.41) is 0. The second kappa shape index (κ2) is 3.80. The van der Waals surface area contributed by atoms with Crippen molar-refractivity contribution in [1.82, 2.24) is 9.80 Å². The zero-order valence-corrected chi connectivity index (χ0v) is 9.50. The Labute approximate surface area is 87.2 Å². The standard InChI is InChI=1S/C11H23N3/c1-3-14-7-6-13(8-10(14)2)9-11(12)4-5-11/h10H,3-9,12H2,1-2H3. The van der Waals surface area contributed by atoms with Crippen molar-refractivity contribution in [3.05, 3.63) is 0 Å². The molecule has 1 unspecified atom stereocenters. The molecule has 3 heteroatoms. The van der Waals surface area contributed by atoms with Crippen LogP contribution in [0.15, 0.2) is 0 Å². The van der Waals surface area contributed by atoms with Crippen LogP contribution in [0.1, 0.15) is 26.7 Å². The minimum atomic E-state index is 0.189. The van der Waals surface area contributed by atoms with Crippen LogP contribution in [0.4, 0.5) is 0 Å². The van der Waals surface area contributed by atoms with E-state index in [4.69, 9.17) is 5.73 Å². The van der Waals surface area contributed by atoms with Crippen molar-refractivity contribution in [2.75, 3.05) is 32.7 Å². The van der Waals surface area contributed by atoms with Gasteiger partial charge in [-0.1, -0.05) is 6.92 Å². The van der Waals surface area contributed by atoms with E-state index in [2.05, 4.69) is 23.6 Å². The van der Waals surface area contributed by atoms with Crippen LogP contribution >= 0.6 is 0 Å². The topological polar surface area (TPSA) is 32.5 Å². The molecule has 14 heavy (non-hydrogen) atoms. The van der Waals surface area contributed by atoms with E-state index < -0.39 is 0 Å². The first kappa shape index (κ1) is 10.4. The van der Waals surface area contributed by atoms with Crippen LogP contribution in [0.3, 0.4) is 0 Å². The van der Waals surface area contributed by atoms with Crippen molar-refractivity contribution in [3.8, 4) is 0 Å². The van der Waals surface area contributed by atoms with E-state index in [1.54, 1.807) is 0 Å². The first-order valence-corrected chi connectivity index (χ1v) is 5.88. The summed E-state index contributed by atoms with van der Waals surface area (Å²) in [6.07, 6.45) is 2.46. The zero-order valence-electron chi connectivity index (χ0n) is 9.50. The average molecular weight is 197 g/mol. The van der Waals surface area contributed by atoms with Gasteiger partial charge in [0.1, 0.15) is 0 Å². The van der Waals surface area contributed by atoms with Crippen molar-refractivity contribution < 1.29 is 0 Å². The van der Waals surface area contributed by atoms with Gasteiger partial charge in [-0.05, 0) is 26.3 Å². The Morgan fingerprint density at radius 1 is 1.36 bits per heavy atom. The second-order valence-corrected chi connectivity index (χ2v) is 5.08. The molecule has 2 N–H and O–H groups in total. The van der Waals surface area contributed by atoms with Crippen LogP contribution < -0.4 is 5.73 Å². The van der Waals surface area contributed by atoms with E-state index in [1.807, 2.05) is 0 Å². The lowest BCUT2D eigenvalue weighted by atomic mass is 10.1. The van der Waals surface area contributed by atoms with Crippen molar-refractivity contribution >= 4 is 0 Å². The van der Waals surface area contributed by atoms with Crippen molar-refractivity contribution in [2.45, 2.75) is 38.3 Å². The number of hydrogen-bond donors (Lipinski definition) is 1. The molecule has 0 aromatic rings. The van der Waals surface area contributed by atoms with Gasteiger partial charge in [0, 0.05) is 37.8 Å². The Bertz CT molecular complexity index is 201. The lowest BCUT2D eigenvalue weighted by molar-refractivity contribution is 0.0823. The number of likely N-dealkylation sites (N-methyl/N-ethyl adjacent to an activating group) is 1. The molecule has 82 valence electrons. The number of nitrogens with zero attached hydrogens (tertiary/aromatic N) is 2. The number of hydrogen-bond acceptors (Lipinski definition) is 3. The fraction of sp³-hybridized carbons (Fsp3) is 1.00. The van der Waals surface area contributed by atoms with E-state index in [0.717, 1.165) is 6.54 Å². The molecule has 1 heterocycles. The van der Waals surface area contributed by atoms with E-state index in [-0.39, 0.29) is 5.54 Å². The maximum Gasteiger partial charge on any atom is 0.0284 e. The molecule has 1 saturated carbocycles. The highest BCUT2D eigenvalue weighted by Gasteiger charge is 2.40. The highest BCUT2D eigenvalue weighted by Crippen LogP contribution is 2.33. The quantitative estimate of drug-likeness (QED) is 0.715. The average Bonchev–Trinajstić information content (AvgIpc) is 2.84. The Morgan fingerprint density at radius 3 is 2.57 bits per heavy atom. The fourth-order valence-electron chi connectivity index (χ4n) is 2.45. The predicted octanol–water partition coefficient (Wildman–Crippen LogP) is 0.504. The molecule has 3 nitrogen and oxygen atoms in total. The molecule has 2 fully saturated rings. The number of rotatable bonds is 3. The monoisotopic (exact) mass is 197 g/mol. The molecular weight excluding hydrogens is 174 g/mol. The summed E-state index contributed by atoms with van der Waals surface area (Å²) in [5.41, 5.74) is 6.32. The first-order valence-electron chi connectivity index (χ1n) is 5.88. The highest BCUT2D eigenvalue weighted by molar-refractivity contribution is 5.01. The molecule has 0 spiro atoms. The summed E-state index contributed by atoms with van der Waals surface area (Å²) in [7, 11) is 0. The number of nitrogens with two attached hydrogens (primary N) is 1. The molecule has 1 aliphatic carbocycles. The molecular formula is C11H23N3. The Kier molecular flexibility index (Phi) is 2.82. The molecule has 0 radical (unpaired) electrons. The predicted molar refractivity (Wildman–Crippen MR) is 59.3 cm³/mol. The summed E-state index contributed by atoms with van der Waals surface area (Å²) < 4.78 is 0. The third-order valence-corrected chi connectivity index (χ3v) is 3.69. The summed E-state index contributed by atoms with van der Waals surface area (Å²) in [5.74, 6) is 0. The molecule has 1 saturated heterocycles. The maximum atomic E-state index is 6.13. The fourth-order valence-corrected chi connectivity index (χ4v) is 2.45. The van der Waals surface area contributed by atoms with Gasteiger partial charge < -0.3 is 5.73 Å². The molecule has 0 aromatic carbocycles. The maximum absolute atomic E-state index is 6.13. The Hall–Kier alpha value is -0.120. The second-order valence-electron chi connectivity index (χ2n) is 5.08. The van der Waals surface area contributed by atoms with Crippen molar-refractivity contribution in [3.63, 3.8) is 0 Å². The van der Waals surface area contributed by atoms with E-state index in [9.17, 15) is 0 Å². The van der Waals surface area contributed by atoms with Crippen molar-refractivity contribution in [1.29, 1.82) is 0 Å². The lowest BCUT2D eigenvalue weighted by Gasteiger charge is -2.40. The molecule has 2 aliphatic rings. The summed E-state index contributed by atoms with van der Waals surface area (Å²) in [6, 6.07) is 0.705. The van der Waals surface area contributed by atoms with E-state index >= 15 is 0 Å². The minimum absolute atomic E-state index is 0.189. The highest BCUT2D eigenvalue weighted by atomic mass is 15.3. The normalized spacial score (nSPS) is 33.2. The minimum Gasteiger partial charge on any atom is -0.324 e. The van der Waals surface area contributed by atoms with Crippen LogP contribution in [-0.4, -0.2) is 54.1 Å². The largest absolute Gasteiger partial charge is 0.324 e. The van der Waals surface area contributed by atoms with Gasteiger partial charge in [0.05, 0.1) is 0 Å². The van der Waals surface area contributed by atoms with Gasteiger partial charge in [-0.25, -0.2) is 0 Å². The summed E-state index contributed by atoms with van der Waals surface area (Å²) >= 11 is 0. The van der Waals surface area contributed by atoms with E-state index in [0.29, 0.717) is 6.04 Å². The van der Waals surface area contributed by atoms with Crippen LogP contribution in [0.5, 0.6) is 0 Å². The Morgan fingerprint density at radius 2 is 2.07 bits per heavy atom. The molecule has 1 atom stereocenters. The Balaban J connectivity index is 1.80. The zero-order chi connectivity index (χ0) is 10.2. The smallest absolute Gasteiger partial charge is 0.0284 e. The van der Waals surface area contributed by atoms with Crippen LogP contribution in [0, 0.1) is 0 Å². The van der Waals surface area contributed by atoms with Gasteiger partial charge in [0.15, 0.2) is 0 Å². The van der Waals surface area contributed by atoms with Crippen LogP contribution in [-0.2, 0) is 0 Å². The van der Waals surface area contributed by atoms with Gasteiger partial charge >= 0.3 is 0 Å². The number of piperazine rings is 1. The first-order chi connectivity index (χ1) is 6.63. The van der Waals surface area contributed by atoms with Gasteiger partial charge in [-0.3, -0.25) is 9.80 Å². The molecule has 0 aromatic heterocycles. The summed E-state index contributed by atoms with van der Waals surface area (Å²) in [4.78, 5) is 5.09. The molecule has 0 amide bonds. The van der Waals surface area contributed by atoms with Gasteiger partial charge in [-0.15, -0.1) is 0 Å². The lowest BCUT2D eigenvalue weighted by Crippen LogP contribution is -2.54. The third kappa shape index (κ3) is 2.27. The van der Waals surface area contributed by atoms with Gasteiger partial charge in [-0.2, -0.15) is 0 Å². The van der Waals surface area contributed by atoms with E-state index in [1.165, 1.54) is 39.0 Å². The van der Waals surface area contributed by atoms with Gasteiger partial charge in [0.25, 0.3) is 0 Å². The SMILES string of the molecule is CCN1CCN(CC2(N)CC2)CC1C. The van der Waals surface area contributed by atoms with Crippen LogP contribution in [0.25, 0.3) is 0 Å². The summed E-state index contributed by atoms with van der Waals surface area (Å²) in [6.45, 7) is 10.5. The molecule has 1 aliphatic heterocycles. The van der Waals surface area contributed by atoms with Crippen LogP contribution in [0.2, 0.25) is 0 Å². The van der Waals surface area contributed by atoms with Gasteiger partial charge in [0.2, 0.25) is 0 Å². The molecule has 0 bridgehead atoms. The third-order valence-electron chi connectivity index (χ3n) is 3.69. The molecule has 2 rings (SSSR count). The van der Waals surface area contributed by atoms with Crippen molar-refractivity contribution in [2.24, 2.45) is 5.73 Å².